The van der Waals surface area contributed by atoms with E-state index in [1.54, 1.807) is 6.20 Å². The Morgan fingerprint density at radius 2 is 1.73 bits per heavy atom. The second kappa shape index (κ2) is 12.5. The van der Waals surface area contributed by atoms with E-state index in [4.69, 9.17) is 9.26 Å². The Balaban J connectivity index is 1.33. The summed E-state index contributed by atoms with van der Waals surface area (Å²) in [4.78, 5) is 16.1. The lowest BCUT2D eigenvalue weighted by Crippen LogP contribution is -2.31. The number of rotatable bonds is 10. The first kappa shape index (κ1) is 24.2. The summed E-state index contributed by atoms with van der Waals surface area (Å²) in [7, 11) is 0. The van der Waals surface area contributed by atoms with Gasteiger partial charge in [-0.05, 0) is 71.2 Å². The van der Waals surface area contributed by atoms with E-state index >= 15 is 0 Å². The zero-order valence-electron chi connectivity index (χ0n) is 18.6. The minimum Gasteiger partial charge on any atom is -0.491 e. The SMILES string of the molecule is O=C(NCC1CCC(c2ccccc2)CC1)c1c[nH]cc1-c1ccccc1OCCOPI. The molecule has 7 heteroatoms. The summed E-state index contributed by atoms with van der Waals surface area (Å²) < 4.78 is 11.3. The molecular weight excluding hydrogens is 546 g/mol. The summed E-state index contributed by atoms with van der Waals surface area (Å²) in [5, 5.41) is 3.18. The standard InChI is InChI=1S/C26H30IN2O3P/c27-33-32-15-14-31-25-9-5-4-8-22(25)23-17-28-18-24(23)26(30)29-16-19-10-12-21(13-11-19)20-6-2-1-3-7-20/h1-9,17-19,21,28,33H,10-16H2,(H,29,30). The van der Waals surface area contributed by atoms with Gasteiger partial charge in [-0.1, -0.05) is 48.5 Å². The fraction of sp³-hybridized carbons (Fsp3) is 0.346. The fourth-order valence-corrected chi connectivity index (χ4v) is 5.40. The Bertz CT molecular complexity index is 1020. The molecule has 5 nitrogen and oxygen atoms in total. The molecule has 2 aromatic carbocycles. The summed E-state index contributed by atoms with van der Waals surface area (Å²) in [6, 6.07) is 18.6. The molecule has 33 heavy (non-hydrogen) atoms. The number of amides is 1. The number of carbonyl (C=O) groups excluding carboxylic acids is 1. The molecule has 2 N–H and O–H groups in total. The number of aromatic amines is 1. The number of carbonyl (C=O) groups is 1. The highest BCUT2D eigenvalue weighted by Gasteiger charge is 2.23. The number of benzene rings is 2. The summed E-state index contributed by atoms with van der Waals surface area (Å²) in [6.45, 7) is 2.16. The third kappa shape index (κ3) is 6.58. The van der Waals surface area contributed by atoms with Crippen LogP contribution in [-0.2, 0) is 4.52 Å². The monoisotopic (exact) mass is 576 g/mol. The molecule has 1 atom stereocenters. The van der Waals surface area contributed by atoms with Gasteiger partial charge >= 0.3 is 0 Å². The second-order valence-corrected chi connectivity index (χ2v) is 10.2. The molecule has 0 saturated heterocycles. The normalized spacial score (nSPS) is 18.5. The molecule has 1 saturated carbocycles. The number of para-hydroxylation sites is 1. The van der Waals surface area contributed by atoms with Crippen LogP contribution in [0.5, 0.6) is 5.75 Å². The van der Waals surface area contributed by atoms with Gasteiger partial charge in [-0.2, -0.15) is 0 Å². The third-order valence-corrected chi connectivity index (χ3v) is 7.58. The Kier molecular flexibility index (Phi) is 9.21. The van der Waals surface area contributed by atoms with Gasteiger partial charge in [0.2, 0.25) is 0 Å². The van der Waals surface area contributed by atoms with Gasteiger partial charge in [-0.25, -0.2) is 0 Å². The van der Waals surface area contributed by atoms with Crippen molar-refractivity contribution >= 4 is 34.4 Å². The number of nitrogens with one attached hydrogen (secondary N) is 2. The van der Waals surface area contributed by atoms with Crippen LogP contribution in [0, 0.1) is 5.92 Å². The van der Waals surface area contributed by atoms with Crippen molar-refractivity contribution in [3.63, 3.8) is 0 Å². The van der Waals surface area contributed by atoms with Gasteiger partial charge < -0.3 is 19.6 Å². The van der Waals surface area contributed by atoms with Crippen molar-refractivity contribution in [2.45, 2.75) is 31.6 Å². The van der Waals surface area contributed by atoms with E-state index in [9.17, 15) is 4.79 Å². The average molecular weight is 576 g/mol. The first-order chi connectivity index (χ1) is 16.3. The van der Waals surface area contributed by atoms with E-state index < -0.39 is 0 Å². The molecule has 0 aliphatic heterocycles. The topological polar surface area (TPSA) is 63.4 Å². The fourth-order valence-electron chi connectivity index (χ4n) is 4.58. The molecule has 4 rings (SSSR count). The lowest BCUT2D eigenvalue weighted by molar-refractivity contribution is 0.0943. The van der Waals surface area contributed by atoms with Crippen molar-refractivity contribution in [2.24, 2.45) is 5.92 Å². The summed E-state index contributed by atoms with van der Waals surface area (Å²) in [6.07, 6.45) is 8.31. The predicted molar refractivity (Wildman–Crippen MR) is 143 cm³/mol. The van der Waals surface area contributed by atoms with E-state index in [2.05, 4.69) is 62.7 Å². The first-order valence-electron chi connectivity index (χ1n) is 11.5. The van der Waals surface area contributed by atoms with E-state index in [0.29, 0.717) is 37.1 Å². The number of aromatic nitrogens is 1. The minimum absolute atomic E-state index is 0.0410. The van der Waals surface area contributed by atoms with Gasteiger partial charge in [-0.15, -0.1) is 0 Å². The molecule has 1 aliphatic rings. The van der Waals surface area contributed by atoms with Crippen LogP contribution in [-0.4, -0.2) is 30.6 Å². The molecule has 0 spiro atoms. The van der Waals surface area contributed by atoms with Crippen LogP contribution in [0.15, 0.2) is 67.0 Å². The Hall–Kier alpha value is -1.89. The Labute approximate surface area is 210 Å². The van der Waals surface area contributed by atoms with Crippen molar-refractivity contribution in [3.8, 4) is 16.9 Å². The van der Waals surface area contributed by atoms with E-state index in [-0.39, 0.29) is 5.91 Å². The summed E-state index contributed by atoms with van der Waals surface area (Å²) in [5.74, 6) is 1.89. The maximum Gasteiger partial charge on any atom is 0.253 e. The first-order valence-corrected chi connectivity index (χ1v) is 15.5. The highest BCUT2D eigenvalue weighted by atomic mass is 127. The van der Waals surface area contributed by atoms with Crippen molar-refractivity contribution < 1.29 is 14.1 Å². The highest BCUT2D eigenvalue weighted by molar-refractivity contribution is 14.2. The molecule has 174 valence electrons. The van der Waals surface area contributed by atoms with Gasteiger partial charge in [-0.3, -0.25) is 4.79 Å². The molecule has 3 aromatic rings. The van der Waals surface area contributed by atoms with Crippen LogP contribution < -0.4 is 10.1 Å². The molecule has 1 heterocycles. The molecule has 1 aromatic heterocycles. The largest absolute Gasteiger partial charge is 0.491 e. The van der Waals surface area contributed by atoms with Gasteiger partial charge in [0.15, 0.2) is 0 Å². The van der Waals surface area contributed by atoms with Crippen molar-refractivity contribution in [2.75, 3.05) is 19.8 Å². The molecule has 0 radical (unpaired) electrons. The Morgan fingerprint density at radius 1 is 0.970 bits per heavy atom. The van der Waals surface area contributed by atoms with Crippen molar-refractivity contribution in [1.29, 1.82) is 0 Å². The summed E-state index contributed by atoms with van der Waals surface area (Å²) in [5.41, 5.74) is 3.85. The second-order valence-electron chi connectivity index (χ2n) is 8.39. The highest BCUT2D eigenvalue weighted by Crippen LogP contribution is 2.36. The van der Waals surface area contributed by atoms with Crippen LogP contribution >= 0.6 is 28.5 Å². The zero-order valence-corrected chi connectivity index (χ0v) is 21.7. The maximum absolute atomic E-state index is 13.0. The number of hydrogen-bond acceptors (Lipinski definition) is 3. The number of ether oxygens (including phenoxy) is 1. The molecule has 1 aliphatic carbocycles. The zero-order chi connectivity index (χ0) is 22.9. The smallest absolute Gasteiger partial charge is 0.253 e. The van der Waals surface area contributed by atoms with E-state index in [0.717, 1.165) is 36.3 Å². The van der Waals surface area contributed by atoms with Crippen LogP contribution in [0.3, 0.4) is 0 Å². The predicted octanol–water partition coefficient (Wildman–Crippen LogP) is 6.72. The van der Waals surface area contributed by atoms with Crippen molar-refractivity contribution in [1.82, 2.24) is 10.3 Å². The van der Waals surface area contributed by atoms with Gasteiger partial charge in [0.1, 0.15) is 12.4 Å². The third-order valence-electron chi connectivity index (χ3n) is 6.33. The maximum atomic E-state index is 13.0. The van der Waals surface area contributed by atoms with Crippen molar-refractivity contribution in [3.05, 3.63) is 78.1 Å². The minimum atomic E-state index is -0.0410. The molecule has 0 bridgehead atoms. The average Bonchev–Trinajstić information content (AvgIpc) is 3.36. The molecule has 1 fully saturated rings. The van der Waals surface area contributed by atoms with Gasteiger partial charge in [0.05, 0.1) is 18.6 Å². The molecule has 1 unspecified atom stereocenters. The molecular formula is C26H30IN2O3P. The number of halogens is 1. The van der Waals surface area contributed by atoms with Gasteiger partial charge in [0.25, 0.3) is 5.91 Å². The van der Waals surface area contributed by atoms with E-state index in [1.165, 1.54) is 18.4 Å². The summed E-state index contributed by atoms with van der Waals surface area (Å²) >= 11 is 2.20. The van der Waals surface area contributed by atoms with Crippen LogP contribution in [0.2, 0.25) is 0 Å². The lowest BCUT2D eigenvalue weighted by Gasteiger charge is -2.29. The number of H-pyrrole nitrogens is 1. The Morgan fingerprint density at radius 3 is 2.52 bits per heavy atom. The van der Waals surface area contributed by atoms with Crippen LogP contribution in [0.1, 0.15) is 47.5 Å². The quantitative estimate of drug-likeness (QED) is 0.160. The van der Waals surface area contributed by atoms with Crippen LogP contribution in [0.25, 0.3) is 11.1 Å². The van der Waals surface area contributed by atoms with Gasteiger partial charge in [0, 0.05) is 30.1 Å². The van der Waals surface area contributed by atoms with Crippen LogP contribution in [0.4, 0.5) is 0 Å². The molecule has 1 amide bonds. The van der Waals surface area contributed by atoms with E-state index in [1.807, 2.05) is 30.5 Å². The number of hydrogen-bond donors (Lipinski definition) is 2. The lowest BCUT2D eigenvalue weighted by atomic mass is 9.78.